The molecular weight excluding hydrogens is 416 g/mol. The summed E-state index contributed by atoms with van der Waals surface area (Å²) in [7, 11) is 0. The van der Waals surface area contributed by atoms with E-state index in [1.54, 1.807) is 10.9 Å². The summed E-state index contributed by atoms with van der Waals surface area (Å²) in [4.78, 5) is 22.9. The number of aliphatic hydroxyl groups excluding tert-OH is 10. The van der Waals surface area contributed by atoms with E-state index in [-0.39, 0.29) is 0 Å². The molecule has 0 radical (unpaired) electrons. The van der Waals surface area contributed by atoms with E-state index < -0.39 is 73.9 Å². The smallest absolute Gasteiger partial charge is 0.331 e. The molecule has 0 saturated heterocycles. The molecule has 0 aliphatic rings. The van der Waals surface area contributed by atoms with E-state index in [2.05, 4.69) is 10.2 Å². The molecule has 174 valence electrons. The molecule has 16 nitrogen and oxygen atoms in total. The second-order valence-electron chi connectivity index (χ2n) is 5.88. The first-order valence-electron chi connectivity index (χ1n) is 8.30. The molecular formula is C14H26N4O12. The highest BCUT2D eigenvalue weighted by Crippen LogP contribution is 2.04. The molecule has 0 aliphatic heterocycles. The Kier molecular flexibility index (Phi) is 13.0. The maximum Gasteiger partial charge on any atom is 0.331 e. The van der Waals surface area contributed by atoms with Gasteiger partial charge in [0.1, 0.15) is 48.8 Å². The van der Waals surface area contributed by atoms with Crippen LogP contribution in [-0.2, 0) is 9.59 Å². The number of carbonyl (C=O) groups excluding carboxylic acids is 2. The lowest BCUT2D eigenvalue weighted by Crippen LogP contribution is -2.47. The van der Waals surface area contributed by atoms with Crippen molar-refractivity contribution in [2.45, 2.75) is 48.8 Å². The lowest BCUT2D eigenvalue weighted by Gasteiger charge is -2.23. The summed E-state index contributed by atoms with van der Waals surface area (Å²) in [5.41, 5.74) is 3.24. The van der Waals surface area contributed by atoms with Crippen LogP contribution in [-0.4, -0.2) is 137 Å². The van der Waals surface area contributed by atoms with Crippen molar-refractivity contribution in [1.82, 2.24) is 10.9 Å². The molecule has 0 aromatic rings. The predicted octanol–water partition coefficient (Wildman–Crippen LogP) is -7.94. The first-order chi connectivity index (χ1) is 14.0. The number of hydrazone groups is 2. The topological polar surface area (TPSA) is 285 Å². The normalized spacial score (nSPS) is 20.2. The van der Waals surface area contributed by atoms with Gasteiger partial charge in [-0.15, -0.1) is 0 Å². The van der Waals surface area contributed by atoms with Gasteiger partial charge in [0.15, 0.2) is 0 Å². The molecule has 16 heteroatoms. The lowest BCUT2D eigenvalue weighted by molar-refractivity contribution is -0.139. The van der Waals surface area contributed by atoms with Gasteiger partial charge in [0, 0.05) is 0 Å². The largest absolute Gasteiger partial charge is 0.394 e. The zero-order valence-electron chi connectivity index (χ0n) is 15.4. The Balaban J connectivity index is 4.53. The van der Waals surface area contributed by atoms with Crippen LogP contribution >= 0.6 is 0 Å². The third kappa shape index (κ3) is 9.13. The van der Waals surface area contributed by atoms with E-state index in [9.17, 15) is 40.2 Å². The van der Waals surface area contributed by atoms with E-state index in [4.69, 9.17) is 20.4 Å². The summed E-state index contributed by atoms with van der Waals surface area (Å²) in [6.45, 7) is -1.79. The number of rotatable bonds is 12. The van der Waals surface area contributed by atoms with Gasteiger partial charge in [0.2, 0.25) is 0 Å². The zero-order chi connectivity index (χ0) is 23.4. The highest BCUT2D eigenvalue weighted by atomic mass is 16.4. The van der Waals surface area contributed by atoms with Crippen LogP contribution in [0.4, 0.5) is 0 Å². The van der Waals surface area contributed by atoms with Crippen LogP contribution < -0.4 is 10.9 Å². The van der Waals surface area contributed by atoms with Crippen molar-refractivity contribution < 1.29 is 60.7 Å². The van der Waals surface area contributed by atoms with Crippen molar-refractivity contribution in [3.63, 3.8) is 0 Å². The maximum absolute atomic E-state index is 11.4. The average Bonchev–Trinajstić information content (AvgIpc) is 2.74. The summed E-state index contributed by atoms with van der Waals surface area (Å²) < 4.78 is 0. The van der Waals surface area contributed by atoms with Crippen molar-refractivity contribution >= 4 is 24.2 Å². The number of hydrogen-bond donors (Lipinski definition) is 12. The van der Waals surface area contributed by atoms with Crippen LogP contribution in [0.15, 0.2) is 10.2 Å². The molecule has 2 amide bonds. The van der Waals surface area contributed by atoms with Crippen LogP contribution in [0.5, 0.6) is 0 Å². The van der Waals surface area contributed by atoms with Crippen molar-refractivity contribution in [3.8, 4) is 0 Å². The van der Waals surface area contributed by atoms with E-state index in [0.717, 1.165) is 0 Å². The van der Waals surface area contributed by atoms with Gasteiger partial charge in [-0.05, 0) is 0 Å². The molecule has 0 rings (SSSR count). The van der Waals surface area contributed by atoms with Gasteiger partial charge < -0.3 is 51.1 Å². The van der Waals surface area contributed by atoms with Crippen molar-refractivity contribution in [2.75, 3.05) is 13.2 Å². The minimum atomic E-state index is -1.97. The van der Waals surface area contributed by atoms with E-state index in [0.29, 0.717) is 12.4 Å². The Hall–Kier alpha value is -2.12. The fraction of sp³-hybridized carbons (Fsp3) is 0.714. The minimum Gasteiger partial charge on any atom is -0.394 e. The second kappa shape index (κ2) is 14.0. The Morgan fingerprint density at radius 3 is 1.20 bits per heavy atom. The highest BCUT2D eigenvalue weighted by Gasteiger charge is 2.30. The van der Waals surface area contributed by atoms with Gasteiger partial charge in [-0.2, -0.15) is 10.2 Å². The Labute approximate surface area is 169 Å². The summed E-state index contributed by atoms with van der Waals surface area (Å²) in [6.07, 6.45) is -14.0. The van der Waals surface area contributed by atoms with Gasteiger partial charge in [0.25, 0.3) is 0 Å². The SMILES string of the molecule is O=C(N/N=C\[C@@H](O)[C@@H](O)[C@@H](O)[C@@H](O)CO)C(=O)N/N=C/[C@H](O)[C@H](O)[C@H](O)[C@H](O)CO. The first kappa shape index (κ1) is 27.9. The molecule has 0 spiro atoms. The number of nitrogens with zero attached hydrogens (tertiary/aromatic N) is 2. The van der Waals surface area contributed by atoms with Gasteiger partial charge in [-0.25, -0.2) is 10.9 Å². The van der Waals surface area contributed by atoms with Crippen molar-refractivity contribution in [2.24, 2.45) is 10.2 Å². The molecule has 0 heterocycles. The lowest BCUT2D eigenvalue weighted by atomic mass is 10.0. The van der Waals surface area contributed by atoms with Crippen LogP contribution in [0.2, 0.25) is 0 Å². The number of aliphatic hydroxyl groups is 10. The standard InChI is InChI=1S/C14H26N4O12/c19-3-7(23)11(27)9(25)5(21)1-15-17-13(29)14(30)18-16-2-6(22)10(26)12(28)8(24)4-20/h1-2,5-12,19-28H,3-4H2,(H,17,29)(H,18,30)/b15-1-,16-2+/t5-,6+,7+,8-,9-,10+,11+,12-/m1/s1. The van der Waals surface area contributed by atoms with Crippen LogP contribution in [0, 0.1) is 0 Å². The van der Waals surface area contributed by atoms with E-state index in [1.165, 1.54) is 0 Å². The zero-order valence-corrected chi connectivity index (χ0v) is 15.4. The summed E-state index contributed by atoms with van der Waals surface area (Å²) in [5.74, 6) is -2.85. The molecule has 0 fully saturated rings. The number of hydrogen-bond acceptors (Lipinski definition) is 14. The Morgan fingerprint density at radius 2 is 0.933 bits per heavy atom. The highest BCUT2D eigenvalue weighted by molar-refractivity contribution is 6.35. The Bertz CT molecular complexity index is 541. The second-order valence-corrected chi connectivity index (χ2v) is 5.88. The van der Waals surface area contributed by atoms with Crippen LogP contribution in [0.25, 0.3) is 0 Å². The summed E-state index contributed by atoms with van der Waals surface area (Å²) in [6, 6.07) is 0. The quantitative estimate of drug-likeness (QED) is 0.0762. The molecule has 0 aromatic carbocycles. The number of carbonyl (C=O) groups is 2. The Morgan fingerprint density at radius 1 is 0.633 bits per heavy atom. The summed E-state index contributed by atoms with van der Waals surface area (Å²) >= 11 is 0. The van der Waals surface area contributed by atoms with Crippen molar-refractivity contribution in [3.05, 3.63) is 0 Å². The molecule has 8 atom stereocenters. The summed E-state index contributed by atoms with van der Waals surface area (Å²) in [5, 5.41) is 98.6. The van der Waals surface area contributed by atoms with E-state index >= 15 is 0 Å². The molecule has 12 N–H and O–H groups in total. The fourth-order valence-corrected chi connectivity index (χ4v) is 1.70. The molecule has 0 bridgehead atoms. The third-order valence-electron chi connectivity index (χ3n) is 3.56. The molecule has 30 heavy (non-hydrogen) atoms. The average molecular weight is 442 g/mol. The van der Waals surface area contributed by atoms with Gasteiger partial charge >= 0.3 is 11.8 Å². The maximum atomic E-state index is 11.4. The first-order valence-corrected chi connectivity index (χ1v) is 8.30. The third-order valence-corrected chi connectivity index (χ3v) is 3.56. The fourth-order valence-electron chi connectivity index (χ4n) is 1.70. The van der Waals surface area contributed by atoms with Crippen molar-refractivity contribution in [1.29, 1.82) is 0 Å². The van der Waals surface area contributed by atoms with Gasteiger partial charge in [0.05, 0.1) is 25.6 Å². The van der Waals surface area contributed by atoms with Gasteiger partial charge in [-0.3, -0.25) is 9.59 Å². The molecule has 0 aromatic heterocycles. The minimum absolute atomic E-state index is 0.514. The van der Waals surface area contributed by atoms with E-state index in [1.807, 2.05) is 0 Å². The molecule has 0 unspecified atom stereocenters. The monoisotopic (exact) mass is 442 g/mol. The molecule has 0 saturated carbocycles. The van der Waals surface area contributed by atoms with Crippen LogP contribution in [0.3, 0.4) is 0 Å². The predicted molar refractivity (Wildman–Crippen MR) is 95.5 cm³/mol. The van der Waals surface area contributed by atoms with Gasteiger partial charge in [-0.1, -0.05) is 0 Å². The van der Waals surface area contributed by atoms with Crippen LogP contribution in [0.1, 0.15) is 0 Å². The number of amides is 2. The molecule has 0 aliphatic carbocycles. The number of nitrogens with one attached hydrogen (secondary N) is 2.